The number of rotatable bonds is 28. The first-order valence-corrected chi connectivity index (χ1v) is 29.9. The van der Waals surface area contributed by atoms with Gasteiger partial charge in [-0.25, -0.2) is 8.78 Å². The topological polar surface area (TPSA) is 9.86 Å². The van der Waals surface area contributed by atoms with Gasteiger partial charge in [0.1, 0.15) is 11.6 Å². The standard InChI is InChI=1S/C60H76F2N2S4/c1-7-11-15-19-21-25-33-63-51-39-45(55-35-43(27-23-17-13-9-3)59(67-55)53-31-29-41(5)65-53)49(61)37-47(51)58-57(63)48-38-50(62)46(40-52(48)64(58)34-26-22-20-16-12-8-2)56-36-44(28-24-18-14-10-4)60(68-56)54-32-30-42(6)66-54/h29-32,35-40H,7-28,33-34H2,1-6H3. The van der Waals surface area contributed by atoms with E-state index in [4.69, 9.17) is 0 Å². The predicted octanol–water partition coefficient (Wildman–Crippen LogP) is 21.5. The fourth-order valence-electron chi connectivity index (χ4n) is 10.4. The Balaban J connectivity index is 1.29. The molecule has 6 heterocycles. The molecule has 0 fully saturated rings. The third-order valence-corrected chi connectivity index (χ3v) is 19.0. The quantitative estimate of drug-likeness (QED) is 0.0433. The van der Waals surface area contributed by atoms with E-state index in [1.165, 1.54) is 130 Å². The van der Waals surface area contributed by atoms with Crippen LogP contribution < -0.4 is 0 Å². The van der Waals surface area contributed by atoms with Crippen molar-refractivity contribution in [3.05, 3.63) is 93.2 Å². The zero-order valence-corrected chi connectivity index (χ0v) is 45.3. The summed E-state index contributed by atoms with van der Waals surface area (Å²) in [7, 11) is 0. The van der Waals surface area contributed by atoms with Crippen LogP contribution in [0.5, 0.6) is 0 Å². The molecule has 6 aromatic heterocycles. The van der Waals surface area contributed by atoms with Crippen LogP contribution in [0, 0.1) is 25.5 Å². The van der Waals surface area contributed by atoms with Gasteiger partial charge < -0.3 is 9.13 Å². The highest BCUT2D eigenvalue weighted by atomic mass is 32.1. The highest BCUT2D eigenvalue weighted by molar-refractivity contribution is 7.24. The Kier molecular flexibility index (Phi) is 18.3. The van der Waals surface area contributed by atoms with Crippen molar-refractivity contribution >= 4 is 78.2 Å². The summed E-state index contributed by atoms with van der Waals surface area (Å²) in [5, 5.41) is 1.89. The molecule has 0 unspecified atom stereocenters. The van der Waals surface area contributed by atoms with E-state index < -0.39 is 0 Å². The van der Waals surface area contributed by atoms with Crippen molar-refractivity contribution in [2.75, 3.05) is 0 Å². The van der Waals surface area contributed by atoms with Crippen molar-refractivity contribution in [1.29, 1.82) is 0 Å². The van der Waals surface area contributed by atoms with Crippen molar-refractivity contribution in [3.63, 3.8) is 0 Å². The second kappa shape index (κ2) is 24.5. The van der Waals surface area contributed by atoms with Crippen LogP contribution in [0.25, 0.3) is 73.2 Å². The Morgan fingerprint density at radius 2 is 0.765 bits per heavy atom. The number of nitrogens with zero attached hydrogens (tertiary/aromatic N) is 2. The SMILES string of the molecule is CCCCCCCCn1c2cc(-c3cc(CCCCCC)c(-c4ccc(C)s4)s3)c(F)cc2c2c1c1cc(F)c(-c3cc(CCCCCC)c(-c4ccc(C)s4)s3)cc1n2CCCCCCCC. The summed E-state index contributed by atoms with van der Waals surface area (Å²) >= 11 is 7.18. The van der Waals surface area contributed by atoms with E-state index in [-0.39, 0.29) is 11.6 Å². The lowest BCUT2D eigenvalue weighted by molar-refractivity contribution is 0.569. The van der Waals surface area contributed by atoms with Gasteiger partial charge in [0.15, 0.2) is 0 Å². The van der Waals surface area contributed by atoms with Crippen molar-refractivity contribution in [3.8, 4) is 40.4 Å². The van der Waals surface area contributed by atoms with Crippen LogP contribution in [-0.4, -0.2) is 9.13 Å². The van der Waals surface area contributed by atoms with Crippen LogP contribution in [-0.2, 0) is 25.9 Å². The van der Waals surface area contributed by atoms with Gasteiger partial charge in [-0.05, 0) is 124 Å². The highest BCUT2D eigenvalue weighted by Crippen LogP contribution is 2.48. The van der Waals surface area contributed by atoms with E-state index >= 15 is 8.78 Å². The van der Waals surface area contributed by atoms with Crippen molar-refractivity contribution < 1.29 is 8.78 Å². The van der Waals surface area contributed by atoms with Gasteiger partial charge in [0, 0.05) is 74.0 Å². The maximum absolute atomic E-state index is 17.3. The first-order valence-electron chi connectivity index (χ1n) is 26.6. The molecule has 0 aliphatic rings. The van der Waals surface area contributed by atoms with E-state index in [2.05, 4.69) is 99.2 Å². The zero-order chi connectivity index (χ0) is 47.6. The summed E-state index contributed by atoms with van der Waals surface area (Å²) in [6.45, 7) is 15.1. The van der Waals surface area contributed by atoms with Gasteiger partial charge in [0.05, 0.1) is 22.1 Å². The Labute approximate surface area is 422 Å². The zero-order valence-electron chi connectivity index (χ0n) is 42.0. The molecule has 0 amide bonds. The van der Waals surface area contributed by atoms with Crippen LogP contribution in [0.2, 0.25) is 0 Å². The number of unbranched alkanes of at least 4 members (excludes halogenated alkanes) is 16. The normalized spacial score (nSPS) is 12.1. The van der Waals surface area contributed by atoms with Gasteiger partial charge in [0.25, 0.3) is 0 Å². The minimum atomic E-state index is -0.173. The predicted molar refractivity (Wildman–Crippen MR) is 300 cm³/mol. The number of aryl methyl sites for hydroxylation is 6. The van der Waals surface area contributed by atoms with E-state index in [1.807, 2.05) is 34.8 Å². The molecule has 8 aromatic rings. The second-order valence-electron chi connectivity index (χ2n) is 19.6. The van der Waals surface area contributed by atoms with Crippen LogP contribution in [0.1, 0.15) is 177 Å². The third-order valence-electron chi connectivity index (χ3n) is 14.2. The molecule has 8 rings (SSSR count). The minimum Gasteiger partial charge on any atom is -0.339 e. The second-order valence-corrected chi connectivity index (χ2v) is 24.3. The molecule has 2 nitrogen and oxygen atoms in total. The largest absolute Gasteiger partial charge is 0.339 e. The molecular formula is C60H76F2N2S4. The average molecular weight is 992 g/mol. The minimum absolute atomic E-state index is 0.173. The molecule has 364 valence electrons. The molecule has 0 saturated heterocycles. The van der Waals surface area contributed by atoms with E-state index in [9.17, 15) is 0 Å². The molecule has 0 spiro atoms. The first-order chi connectivity index (χ1) is 33.2. The number of aromatic nitrogens is 2. The van der Waals surface area contributed by atoms with Gasteiger partial charge in [0.2, 0.25) is 0 Å². The monoisotopic (exact) mass is 990 g/mol. The van der Waals surface area contributed by atoms with Gasteiger partial charge in [-0.15, -0.1) is 45.3 Å². The van der Waals surface area contributed by atoms with E-state index in [0.29, 0.717) is 11.1 Å². The number of thiophene rings is 4. The maximum atomic E-state index is 17.3. The van der Waals surface area contributed by atoms with Gasteiger partial charge in [-0.1, -0.05) is 130 Å². The molecule has 0 atom stereocenters. The molecule has 0 radical (unpaired) electrons. The Bertz CT molecular complexity index is 2680. The first kappa shape index (κ1) is 50.8. The smallest absolute Gasteiger partial charge is 0.132 e. The summed E-state index contributed by atoms with van der Waals surface area (Å²) < 4.78 is 39.5. The fraction of sp³-hybridized carbons (Fsp3) is 0.500. The van der Waals surface area contributed by atoms with E-state index in [0.717, 1.165) is 107 Å². The number of fused-ring (bicyclic) bond motifs is 5. The van der Waals surface area contributed by atoms with Crippen LogP contribution in [0.4, 0.5) is 8.78 Å². The van der Waals surface area contributed by atoms with Crippen LogP contribution >= 0.6 is 45.3 Å². The highest BCUT2D eigenvalue weighted by Gasteiger charge is 2.26. The summed E-state index contributed by atoms with van der Waals surface area (Å²) in [6.07, 6.45) is 25.9. The molecule has 68 heavy (non-hydrogen) atoms. The lowest BCUT2D eigenvalue weighted by Gasteiger charge is -2.12. The summed E-state index contributed by atoms with van der Waals surface area (Å²) in [5.41, 5.74) is 8.29. The molecule has 8 heteroatoms. The van der Waals surface area contributed by atoms with Crippen molar-refractivity contribution in [1.82, 2.24) is 9.13 Å². The molecule has 0 bridgehead atoms. The molecule has 0 aliphatic heterocycles. The number of benzene rings is 2. The fourth-order valence-corrected chi connectivity index (χ4v) is 14.9. The lowest BCUT2D eigenvalue weighted by atomic mass is 10.0. The summed E-state index contributed by atoms with van der Waals surface area (Å²) in [4.78, 5) is 9.74. The summed E-state index contributed by atoms with van der Waals surface area (Å²) in [6, 6.07) is 21.5. The van der Waals surface area contributed by atoms with Crippen molar-refractivity contribution in [2.45, 2.75) is 196 Å². The van der Waals surface area contributed by atoms with Crippen LogP contribution in [0.15, 0.2) is 60.7 Å². The number of hydrogen-bond donors (Lipinski definition) is 0. The Morgan fingerprint density at radius 3 is 1.13 bits per heavy atom. The summed E-state index contributed by atoms with van der Waals surface area (Å²) in [5.74, 6) is -0.345. The average Bonchev–Trinajstić information content (AvgIpc) is 4.20. The van der Waals surface area contributed by atoms with Crippen LogP contribution in [0.3, 0.4) is 0 Å². The Hall–Kier alpha value is -3.56. The molecule has 0 aliphatic carbocycles. The molecular weight excluding hydrogens is 915 g/mol. The molecule has 0 N–H and O–H groups in total. The Morgan fingerprint density at radius 1 is 0.397 bits per heavy atom. The van der Waals surface area contributed by atoms with Gasteiger partial charge in [-0.2, -0.15) is 0 Å². The van der Waals surface area contributed by atoms with Gasteiger partial charge >= 0.3 is 0 Å². The molecule has 2 aromatic carbocycles. The number of halogens is 2. The van der Waals surface area contributed by atoms with E-state index in [1.54, 1.807) is 22.7 Å². The lowest BCUT2D eigenvalue weighted by Crippen LogP contribution is -1.99. The van der Waals surface area contributed by atoms with Crippen molar-refractivity contribution in [2.24, 2.45) is 0 Å². The number of hydrogen-bond acceptors (Lipinski definition) is 4. The van der Waals surface area contributed by atoms with Gasteiger partial charge in [-0.3, -0.25) is 0 Å². The maximum Gasteiger partial charge on any atom is 0.132 e. The molecule has 0 saturated carbocycles. The third kappa shape index (κ3) is 11.6.